The molecule has 13 heteroatoms. The van der Waals surface area contributed by atoms with Gasteiger partial charge in [0, 0.05) is 12.3 Å². The number of hydrogen-bond acceptors (Lipinski definition) is 7. The van der Waals surface area contributed by atoms with E-state index in [0.29, 0.717) is 13.0 Å². The molecule has 3 atom stereocenters. The lowest BCUT2D eigenvalue weighted by Gasteiger charge is -2.21. The van der Waals surface area contributed by atoms with Crippen LogP contribution < -0.4 is 33.6 Å². The first-order chi connectivity index (χ1) is 12.1. The summed E-state index contributed by atoms with van der Waals surface area (Å²) in [6.07, 6.45) is 0.130. The highest BCUT2D eigenvalue weighted by atomic mass is 32.1. The summed E-state index contributed by atoms with van der Waals surface area (Å²) >= 11 is 3.95. The van der Waals surface area contributed by atoms with Crippen molar-refractivity contribution in [3.63, 3.8) is 0 Å². The molecule has 3 amide bonds. The maximum Gasteiger partial charge on any atom is 0.326 e. The minimum atomic E-state index is -1.51. The number of amides is 3. The van der Waals surface area contributed by atoms with Crippen LogP contribution in [-0.2, 0) is 19.2 Å². The Balaban J connectivity index is 4.63. The molecule has 0 rings (SSSR count). The Hall–Kier alpha value is -2.54. The molecule has 0 aliphatic heterocycles. The molecule has 0 aliphatic carbocycles. The zero-order valence-corrected chi connectivity index (χ0v) is 14.9. The summed E-state index contributed by atoms with van der Waals surface area (Å²) in [6, 6.07) is -3.56. The molecule has 26 heavy (non-hydrogen) atoms. The second-order valence-electron chi connectivity index (χ2n) is 5.37. The Morgan fingerprint density at radius 1 is 1.04 bits per heavy atom. The Morgan fingerprint density at radius 3 is 2.08 bits per heavy atom. The van der Waals surface area contributed by atoms with Gasteiger partial charge in [0.2, 0.25) is 17.7 Å². The molecule has 0 saturated heterocycles. The van der Waals surface area contributed by atoms with E-state index in [-0.39, 0.29) is 18.1 Å². The lowest BCUT2D eigenvalue weighted by Crippen LogP contribution is -2.55. The van der Waals surface area contributed by atoms with Gasteiger partial charge in [-0.2, -0.15) is 12.6 Å². The van der Waals surface area contributed by atoms with Crippen molar-refractivity contribution in [3.8, 4) is 0 Å². The maximum atomic E-state index is 12.1. The van der Waals surface area contributed by atoms with Crippen molar-refractivity contribution in [2.45, 2.75) is 37.4 Å². The van der Waals surface area contributed by atoms with E-state index in [1.54, 1.807) is 0 Å². The summed E-state index contributed by atoms with van der Waals surface area (Å²) in [5, 5.41) is 13.5. The predicted octanol–water partition coefficient (Wildman–Crippen LogP) is -3.77. The van der Waals surface area contributed by atoms with E-state index in [4.69, 9.17) is 28.0 Å². The number of primary amides is 1. The molecular formula is C13H25N7O5S. The van der Waals surface area contributed by atoms with Gasteiger partial charge >= 0.3 is 5.97 Å². The Kier molecular flexibility index (Phi) is 10.8. The number of hydrogen-bond donors (Lipinski definition) is 8. The molecule has 148 valence electrons. The molecule has 0 fully saturated rings. The number of thiol groups is 1. The zero-order chi connectivity index (χ0) is 20.3. The molecule has 0 aromatic carbocycles. The van der Waals surface area contributed by atoms with E-state index in [2.05, 4.69) is 28.3 Å². The minimum Gasteiger partial charge on any atom is -0.480 e. The fraction of sp³-hybridized carbons (Fsp3) is 0.615. The number of carbonyl (C=O) groups is 4. The zero-order valence-electron chi connectivity index (χ0n) is 14.1. The molecule has 0 aromatic heterocycles. The number of nitrogens with two attached hydrogens (primary N) is 4. The van der Waals surface area contributed by atoms with E-state index < -0.39 is 48.2 Å². The summed E-state index contributed by atoms with van der Waals surface area (Å²) < 4.78 is 0. The van der Waals surface area contributed by atoms with Crippen molar-refractivity contribution >= 4 is 42.3 Å². The third-order valence-electron chi connectivity index (χ3n) is 3.14. The SMILES string of the molecule is NC(=O)C[C@H](NC(=O)[C@H](CS)NC(=O)[C@@H](N)CCCN=C(N)N)C(=O)O. The number of carboxylic acid groups (broad SMARTS) is 1. The average Bonchev–Trinajstić information content (AvgIpc) is 2.54. The Morgan fingerprint density at radius 2 is 1.62 bits per heavy atom. The van der Waals surface area contributed by atoms with E-state index in [1.165, 1.54) is 0 Å². The standard InChI is InChI=1S/C13H25N7O5S/c14-6(2-1-3-18-13(16)17)10(22)20-8(5-26)11(23)19-7(12(24)25)4-9(15)21/h6-8,26H,1-5,14H2,(H2,15,21)(H,19,23)(H,20,22)(H,24,25)(H4,16,17,18)/t6-,7-,8-/m0/s1. The summed E-state index contributed by atoms with van der Waals surface area (Å²) in [5.41, 5.74) is 21.0. The van der Waals surface area contributed by atoms with Gasteiger partial charge < -0.3 is 38.7 Å². The van der Waals surface area contributed by atoms with Crippen LogP contribution in [0.3, 0.4) is 0 Å². The number of nitrogens with one attached hydrogen (secondary N) is 2. The van der Waals surface area contributed by atoms with Crippen molar-refractivity contribution in [2.24, 2.45) is 27.9 Å². The number of carboxylic acids is 1. The van der Waals surface area contributed by atoms with E-state index in [9.17, 15) is 19.2 Å². The van der Waals surface area contributed by atoms with E-state index in [0.717, 1.165) is 0 Å². The number of nitrogens with zero attached hydrogens (tertiary/aromatic N) is 1. The van der Waals surface area contributed by atoms with Crippen molar-refractivity contribution in [1.29, 1.82) is 0 Å². The highest BCUT2D eigenvalue weighted by Crippen LogP contribution is 1.99. The fourth-order valence-electron chi connectivity index (χ4n) is 1.80. The van der Waals surface area contributed by atoms with Crippen molar-refractivity contribution in [1.82, 2.24) is 10.6 Å². The molecular weight excluding hydrogens is 366 g/mol. The number of aliphatic imine (C=N–C) groups is 1. The van der Waals surface area contributed by atoms with Gasteiger partial charge in [-0.3, -0.25) is 19.4 Å². The first kappa shape index (κ1) is 23.5. The normalized spacial score (nSPS) is 13.8. The van der Waals surface area contributed by atoms with Crippen LogP contribution in [0.15, 0.2) is 4.99 Å². The molecule has 12 nitrogen and oxygen atoms in total. The Bertz CT molecular complexity index is 553. The highest BCUT2D eigenvalue weighted by Gasteiger charge is 2.28. The van der Waals surface area contributed by atoms with Crippen LogP contribution in [0.4, 0.5) is 0 Å². The molecule has 11 N–H and O–H groups in total. The molecule has 0 unspecified atom stereocenters. The van der Waals surface area contributed by atoms with E-state index in [1.807, 2.05) is 0 Å². The van der Waals surface area contributed by atoms with Gasteiger partial charge in [0.05, 0.1) is 12.5 Å². The minimum absolute atomic E-state index is 0.0706. The van der Waals surface area contributed by atoms with Crippen molar-refractivity contribution < 1.29 is 24.3 Å². The molecule has 0 heterocycles. The smallest absolute Gasteiger partial charge is 0.326 e. The highest BCUT2D eigenvalue weighted by molar-refractivity contribution is 7.80. The molecule has 0 bridgehead atoms. The van der Waals surface area contributed by atoms with Crippen molar-refractivity contribution in [2.75, 3.05) is 12.3 Å². The van der Waals surface area contributed by atoms with Gasteiger partial charge in [-0.05, 0) is 12.8 Å². The van der Waals surface area contributed by atoms with Crippen LogP contribution >= 0.6 is 12.6 Å². The molecule has 0 saturated carbocycles. The summed E-state index contributed by atoms with van der Waals surface area (Å²) in [6.45, 7) is 0.299. The van der Waals surface area contributed by atoms with Gasteiger partial charge in [-0.1, -0.05) is 0 Å². The topological polar surface area (TPSA) is 229 Å². The quantitative estimate of drug-likeness (QED) is 0.0710. The van der Waals surface area contributed by atoms with Gasteiger partial charge in [0.15, 0.2) is 5.96 Å². The molecule has 0 aromatic rings. The number of guanidine groups is 1. The van der Waals surface area contributed by atoms with Gasteiger partial charge in [0.25, 0.3) is 0 Å². The lowest BCUT2D eigenvalue weighted by molar-refractivity contribution is -0.143. The first-order valence-electron chi connectivity index (χ1n) is 7.62. The van der Waals surface area contributed by atoms with Gasteiger partial charge in [0.1, 0.15) is 12.1 Å². The third kappa shape index (κ3) is 9.68. The summed E-state index contributed by atoms with van der Waals surface area (Å²) in [4.78, 5) is 49.7. The molecule has 0 spiro atoms. The predicted molar refractivity (Wildman–Crippen MR) is 97.0 cm³/mol. The maximum absolute atomic E-state index is 12.1. The van der Waals surface area contributed by atoms with Crippen LogP contribution in [-0.4, -0.2) is 65.2 Å². The summed E-state index contributed by atoms with van der Waals surface area (Å²) in [7, 11) is 0. The van der Waals surface area contributed by atoms with Crippen LogP contribution in [0, 0.1) is 0 Å². The average molecular weight is 391 g/mol. The molecule has 0 radical (unpaired) electrons. The largest absolute Gasteiger partial charge is 0.480 e. The van der Waals surface area contributed by atoms with Gasteiger partial charge in [-0.15, -0.1) is 0 Å². The van der Waals surface area contributed by atoms with E-state index >= 15 is 0 Å². The monoisotopic (exact) mass is 391 g/mol. The molecule has 0 aliphatic rings. The second kappa shape index (κ2) is 11.9. The fourth-order valence-corrected chi connectivity index (χ4v) is 2.05. The lowest BCUT2D eigenvalue weighted by atomic mass is 10.1. The number of carbonyl (C=O) groups excluding carboxylic acids is 3. The van der Waals surface area contributed by atoms with Crippen LogP contribution in [0.5, 0.6) is 0 Å². The number of rotatable bonds is 12. The third-order valence-corrected chi connectivity index (χ3v) is 3.50. The first-order valence-corrected chi connectivity index (χ1v) is 8.25. The van der Waals surface area contributed by atoms with Crippen LogP contribution in [0.25, 0.3) is 0 Å². The Labute approximate surface area is 155 Å². The van der Waals surface area contributed by atoms with Crippen LogP contribution in [0.2, 0.25) is 0 Å². The summed E-state index contributed by atoms with van der Waals surface area (Å²) in [5.74, 6) is -3.95. The second-order valence-corrected chi connectivity index (χ2v) is 5.73. The van der Waals surface area contributed by atoms with Crippen molar-refractivity contribution in [3.05, 3.63) is 0 Å². The van der Waals surface area contributed by atoms with Gasteiger partial charge in [-0.25, -0.2) is 4.79 Å². The number of aliphatic carboxylic acids is 1. The van der Waals surface area contributed by atoms with Crippen LogP contribution in [0.1, 0.15) is 19.3 Å².